The zero-order valence-corrected chi connectivity index (χ0v) is 45.7. The molecule has 2 heterocycles. The molecule has 0 atom stereocenters. The van der Waals surface area contributed by atoms with E-state index < -0.39 is 0 Å². The van der Waals surface area contributed by atoms with Gasteiger partial charge in [0.05, 0.1) is 0 Å². The molecule has 6 nitrogen and oxygen atoms in total. The smallest absolute Gasteiger partial charge is 0.164 e. The molecule has 0 aliphatic rings. The minimum Gasteiger partial charge on any atom is -0.208 e. The number of aromatic nitrogens is 6. The van der Waals surface area contributed by atoms with Crippen LogP contribution in [0, 0.1) is 0 Å². The molecular formula is C78H52N6. The number of hydrogen-bond acceptors (Lipinski definition) is 6. The van der Waals surface area contributed by atoms with E-state index in [1.165, 1.54) is 0 Å². The molecule has 2 aromatic heterocycles. The third-order valence-electron chi connectivity index (χ3n) is 15.2. The molecule has 0 unspecified atom stereocenters. The Bertz CT molecular complexity index is 4540. The van der Waals surface area contributed by atoms with E-state index in [2.05, 4.69) is 291 Å². The van der Waals surface area contributed by atoms with Gasteiger partial charge >= 0.3 is 0 Å². The van der Waals surface area contributed by atoms with Crippen molar-refractivity contribution in [3.8, 4) is 146 Å². The summed E-state index contributed by atoms with van der Waals surface area (Å²) in [5.74, 6) is 3.61. The van der Waals surface area contributed by atoms with Crippen LogP contribution in [0.25, 0.3) is 146 Å². The maximum atomic E-state index is 5.21. The van der Waals surface area contributed by atoms with Gasteiger partial charge in [-0.15, -0.1) is 0 Å². The van der Waals surface area contributed by atoms with Gasteiger partial charge in [0, 0.05) is 33.4 Å². The first-order chi connectivity index (χ1) is 41.6. The summed E-state index contributed by atoms with van der Waals surface area (Å²) in [5, 5.41) is 0. The zero-order chi connectivity index (χ0) is 56.0. The lowest BCUT2D eigenvalue weighted by atomic mass is 9.95. The molecule has 6 heteroatoms. The molecule has 394 valence electrons. The van der Waals surface area contributed by atoms with E-state index in [1.54, 1.807) is 0 Å². The maximum absolute atomic E-state index is 5.21. The van der Waals surface area contributed by atoms with Crippen LogP contribution in [0.5, 0.6) is 0 Å². The van der Waals surface area contributed by atoms with Crippen LogP contribution in [0.1, 0.15) is 0 Å². The molecule has 0 fully saturated rings. The first-order valence-electron chi connectivity index (χ1n) is 28.1. The van der Waals surface area contributed by atoms with Gasteiger partial charge in [-0.05, 0) is 120 Å². The molecule has 14 aromatic rings. The monoisotopic (exact) mass is 1070 g/mol. The third-order valence-corrected chi connectivity index (χ3v) is 15.2. The Morgan fingerprint density at radius 2 is 0.250 bits per heavy atom. The summed E-state index contributed by atoms with van der Waals surface area (Å²) in [6, 6.07) is 110. The minimum absolute atomic E-state index is 0.595. The second-order valence-electron chi connectivity index (χ2n) is 20.7. The maximum Gasteiger partial charge on any atom is 0.164 e. The first kappa shape index (κ1) is 50.9. The highest BCUT2D eigenvalue weighted by molar-refractivity contribution is 5.82. The number of nitrogens with zero attached hydrogens (tertiary/aromatic N) is 6. The molecule has 0 spiro atoms. The van der Waals surface area contributed by atoms with Crippen molar-refractivity contribution in [1.82, 2.24) is 29.9 Å². The van der Waals surface area contributed by atoms with Gasteiger partial charge in [0.15, 0.2) is 34.9 Å². The zero-order valence-electron chi connectivity index (χ0n) is 45.7. The first-order valence-corrected chi connectivity index (χ1v) is 28.1. The highest BCUT2D eigenvalue weighted by Gasteiger charge is 2.18. The number of benzene rings is 12. The fraction of sp³-hybridized carbons (Fsp3) is 0. The van der Waals surface area contributed by atoms with Gasteiger partial charge in [-0.1, -0.05) is 273 Å². The summed E-state index contributed by atoms with van der Waals surface area (Å²) in [5.41, 5.74) is 20.8. The second-order valence-corrected chi connectivity index (χ2v) is 20.7. The van der Waals surface area contributed by atoms with Crippen molar-refractivity contribution in [3.05, 3.63) is 315 Å². The van der Waals surface area contributed by atoms with Gasteiger partial charge in [-0.2, -0.15) is 0 Å². The molecule has 0 amide bonds. The third kappa shape index (κ3) is 11.0. The fourth-order valence-corrected chi connectivity index (χ4v) is 10.8. The molecule has 0 saturated heterocycles. The normalized spacial score (nSPS) is 11.1. The number of hydrogen-bond donors (Lipinski definition) is 0. The average Bonchev–Trinajstić information content (AvgIpc) is 3.45. The van der Waals surface area contributed by atoms with Crippen molar-refractivity contribution < 1.29 is 0 Å². The van der Waals surface area contributed by atoms with E-state index >= 15 is 0 Å². The van der Waals surface area contributed by atoms with E-state index in [0.29, 0.717) is 34.9 Å². The quantitative estimate of drug-likeness (QED) is 0.114. The van der Waals surface area contributed by atoms with Gasteiger partial charge in [0.2, 0.25) is 0 Å². The van der Waals surface area contributed by atoms with Crippen LogP contribution in [0.3, 0.4) is 0 Å². The van der Waals surface area contributed by atoms with Crippen LogP contribution >= 0.6 is 0 Å². The summed E-state index contributed by atoms with van der Waals surface area (Å²) in [4.78, 5) is 31.1. The minimum atomic E-state index is 0.595. The lowest BCUT2D eigenvalue weighted by Crippen LogP contribution is -2.00. The largest absolute Gasteiger partial charge is 0.208 e. The molecule has 84 heavy (non-hydrogen) atoms. The van der Waals surface area contributed by atoms with Gasteiger partial charge in [-0.3, -0.25) is 0 Å². The van der Waals surface area contributed by atoms with Crippen molar-refractivity contribution in [1.29, 1.82) is 0 Å². The Morgan fingerprint density at radius 3 is 0.488 bits per heavy atom. The summed E-state index contributed by atoms with van der Waals surface area (Å²) in [6.45, 7) is 0. The topological polar surface area (TPSA) is 77.3 Å². The van der Waals surface area contributed by atoms with E-state index in [9.17, 15) is 0 Å². The van der Waals surface area contributed by atoms with Crippen molar-refractivity contribution in [2.75, 3.05) is 0 Å². The van der Waals surface area contributed by atoms with Gasteiger partial charge in [-0.25, -0.2) is 29.9 Å². The summed E-state index contributed by atoms with van der Waals surface area (Å²) in [7, 11) is 0. The molecule has 0 aliphatic heterocycles. The van der Waals surface area contributed by atoms with Crippen molar-refractivity contribution in [3.63, 3.8) is 0 Å². The van der Waals surface area contributed by atoms with Crippen LogP contribution in [0.15, 0.2) is 315 Å². The molecular weight excluding hydrogens is 1020 g/mol. The summed E-state index contributed by atoms with van der Waals surface area (Å²) >= 11 is 0. The van der Waals surface area contributed by atoms with Gasteiger partial charge in [0.1, 0.15) is 0 Å². The predicted molar refractivity (Wildman–Crippen MR) is 344 cm³/mol. The van der Waals surface area contributed by atoms with Gasteiger partial charge < -0.3 is 0 Å². The van der Waals surface area contributed by atoms with Crippen LogP contribution in [0.2, 0.25) is 0 Å². The van der Waals surface area contributed by atoms with E-state index in [4.69, 9.17) is 29.9 Å². The molecule has 0 saturated carbocycles. The lowest BCUT2D eigenvalue weighted by molar-refractivity contribution is 1.07. The molecule has 0 bridgehead atoms. The summed E-state index contributed by atoms with van der Waals surface area (Å²) in [6.07, 6.45) is 0. The van der Waals surface area contributed by atoms with Crippen LogP contribution in [0.4, 0.5) is 0 Å². The van der Waals surface area contributed by atoms with Crippen LogP contribution < -0.4 is 0 Å². The average molecular weight is 1070 g/mol. The molecule has 0 aliphatic carbocycles. The van der Waals surface area contributed by atoms with Crippen LogP contribution in [-0.2, 0) is 0 Å². The Balaban J connectivity index is 0.791. The van der Waals surface area contributed by atoms with Crippen molar-refractivity contribution in [2.24, 2.45) is 0 Å². The molecule has 0 N–H and O–H groups in total. The molecule has 12 aromatic carbocycles. The van der Waals surface area contributed by atoms with E-state index in [-0.39, 0.29) is 0 Å². The lowest BCUT2D eigenvalue weighted by Gasteiger charge is -2.12. The SMILES string of the molecule is c1ccc(-c2ccc(-c3nc(-c4cccc(-c5ccccc5)c4)nc(-c4cccc(-c5cccc(-c6cccc(-c7cccc(-c8nc(-c9cccc(-c%10ccccc%10)c9)nc(-c9cccc(-c%10ccccc%10)c9)n8)c7)c6)c5)c4)n3)cc2)cc1. The van der Waals surface area contributed by atoms with Gasteiger partial charge in [0.25, 0.3) is 0 Å². The summed E-state index contributed by atoms with van der Waals surface area (Å²) < 4.78 is 0. The van der Waals surface area contributed by atoms with Crippen LogP contribution in [-0.4, -0.2) is 29.9 Å². The Labute approximate surface area is 488 Å². The fourth-order valence-electron chi connectivity index (χ4n) is 10.8. The highest BCUT2D eigenvalue weighted by Crippen LogP contribution is 2.36. The molecule has 14 rings (SSSR count). The number of rotatable bonds is 13. The predicted octanol–water partition coefficient (Wildman–Crippen LogP) is 19.7. The Morgan fingerprint density at radius 1 is 0.107 bits per heavy atom. The second kappa shape index (κ2) is 23.0. The molecule has 0 radical (unpaired) electrons. The van der Waals surface area contributed by atoms with Crippen molar-refractivity contribution >= 4 is 0 Å². The van der Waals surface area contributed by atoms with E-state index in [1.807, 2.05) is 24.3 Å². The Kier molecular flexibility index (Phi) is 13.9. The standard InChI is InChI=1S/C78H52N6/c1-5-20-53(21-6-1)57-42-44-58(45-43-57)73-79-74(68-37-15-28-59(48-68)54-22-7-2-8-23-54)81-75(80-73)71-40-18-35-66(51-71)64-33-13-31-62(46-64)63-32-14-34-65(47-63)67-36-19-41-72(52-67)78-83-76(69-38-16-29-60(49-69)55-24-9-3-10-25-55)82-77(84-78)70-39-17-30-61(50-70)56-26-11-4-12-27-56/h1-52H. The van der Waals surface area contributed by atoms with Crippen molar-refractivity contribution in [2.45, 2.75) is 0 Å². The van der Waals surface area contributed by atoms with E-state index in [0.717, 1.165) is 111 Å². The highest BCUT2D eigenvalue weighted by atomic mass is 15.0. The Hall–Kier alpha value is -11.3.